The van der Waals surface area contributed by atoms with Crippen LogP contribution in [0.2, 0.25) is 0 Å². The highest BCUT2D eigenvalue weighted by molar-refractivity contribution is 5.85. The van der Waals surface area contributed by atoms with Crippen molar-refractivity contribution < 1.29 is 0 Å². The maximum absolute atomic E-state index is 2.52. The number of nitrogens with zero attached hydrogens (tertiary/aromatic N) is 2. The number of benzene rings is 2. The summed E-state index contributed by atoms with van der Waals surface area (Å²) in [6.07, 6.45) is 1.30. The minimum Gasteiger partial charge on any atom is -0.308 e. The van der Waals surface area contributed by atoms with E-state index in [2.05, 4.69) is 79.5 Å². The van der Waals surface area contributed by atoms with Gasteiger partial charge in [0.05, 0.1) is 0 Å². The van der Waals surface area contributed by atoms with Crippen molar-refractivity contribution in [1.29, 1.82) is 0 Å². The van der Waals surface area contributed by atoms with Crippen molar-refractivity contribution in [2.75, 3.05) is 40.8 Å². The first-order chi connectivity index (χ1) is 11.6. The van der Waals surface area contributed by atoms with E-state index >= 15 is 0 Å². The highest BCUT2D eigenvalue weighted by Crippen LogP contribution is 2.55. The van der Waals surface area contributed by atoms with E-state index in [1.807, 2.05) is 0 Å². The first kappa shape index (κ1) is 21.2. The molecule has 0 amide bonds. The summed E-state index contributed by atoms with van der Waals surface area (Å²) in [5.41, 5.74) is 6.32. The molecule has 0 aliphatic heterocycles. The molecule has 0 aromatic heterocycles. The molecule has 5 rings (SSSR count). The lowest BCUT2D eigenvalue weighted by Gasteiger charge is -2.46. The van der Waals surface area contributed by atoms with Gasteiger partial charge in [0.15, 0.2) is 0 Å². The van der Waals surface area contributed by atoms with E-state index in [9.17, 15) is 0 Å². The minimum atomic E-state index is 0. The van der Waals surface area contributed by atoms with Gasteiger partial charge in [0.2, 0.25) is 0 Å². The lowest BCUT2D eigenvalue weighted by molar-refractivity contribution is 0.213. The van der Waals surface area contributed by atoms with E-state index in [0.717, 1.165) is 19.0 Å². The Hall–Kier alpha value is -1.06. The normalized spacial score (nSPS) is 22.4. The molecule has 1 atom stereocenters. The Labute approximate surface area is 170 Å². The van der Waals surface area contributed by atoms with Crippen molar-refractivity contribution in [2.24, 2.45) is 5.92 Å². The Morgan fingerprint density at radius 2 is 1.27 bits per heavy atom. The lowest BCUT2D eigenvalue weighted by atomic mass is 9.59. The van der Waals surface area contributed by atoms with Crippen LogP contribution < -0.4 is 0 Å². The van der Waals surface area contributed by atoms with Gasteiger partial charge >= 0.3 is 0 Å². The molecule has 2 bridgehead atoms. The number of hydrogen-bond acceptors (Lipinski definition) is 2. The SMILES string of the molecule is CN(C)CCN(C)CC1CC2c3ccccc3C1c1ccccc12.Cl.Cl. The van der Waals surface area contributed by atoms with Gasteiger partial charge in [-0.05, 0) is 55.7 Å². The van der Waals surface area contributed by atoms with Crippen molar-refractivity contribution in [3.05, 3.63) is 70.8 Å². The Kier molecular flexibility index (Phi) is 7.15. The standard InChI is InChI=1S/C22H28N2.2ClH/c1-23(2)12-13-24(3)15-16-14-21-17-8-4-6-10-19(17)22(16)20-11-7-5-9-18(20)21;;/h4-11,16,21-22H,12-15H2,1-3H3;2*1H. The summed E-state index contributed by atoms with van der Waals surface area (Å²) in [6.45, 7) is 3.46. The highest BCUT2D eigenvalue weighted by atomic mass is 35.5. The molecule has 0 saturated heterocycles. The van der Waals surface area contributed by atoms with Gasteiger partial charge in [-0.3, -0.25) is 0 Å². The Bertz CT molecular complexity index is 684. The first-order valence-electron chi connectivity index (χ1n) is 9.16. The third-order valence-electron chi connectivity index (χ3n) is 5.90. The fraction of sp³-hybridized carbons (Fsp3) is 0.455. The van der Waals surface area contributed by atoms with Gasteiger partial charge in [0, 0.05) is 31.5 Å². The zero-order chi connectivity index (χ0) is 16.7. The van der Waals surface area contributed by atoms with Crippen molar-refractivity contribution in [3.63, 3.8) is 0 Å². The second-order valence-electron chi connectivity index (χ2n) is 7.85. The monoisotopic (exact) mass is 392 g/mol. The van der Waals surface area contributed by atoms with Crippen LogP contribution in [0.1, 0.15) is 40.5 Å². The summed E-state index contributed by atoms with van der Waals surface area (Å²) in [5.74, 6) is 1.89. The van der Waals surface area contributed by atoms with E-state index in [4.69, 9.17) is 0 Å². The van der Waals surface area contributed by atoms with Crippen LogP contribution in [0.15, 0.2) is 48.5 Å². The second-order valence-corrected chi connectivity index (χ2v) is 7.85. The topological polar surface area (TPSA) is 6.48 Å². The summed E-state index contributed by atoms with van der Waals surface area (Å²) in [7, 11) is 6.59. The molecule has 3 aliphatic carbocycles. The van der Waals surface area contributed by atoms with Gasteiger partial charge in [-0.2, -0.15) is 0 Å². The van der Waals surface area contributed by atoms with Crippen molar-refractivity contribution in [1.82, 2.24) is 9.80 Å². The molecule has 0 fully saturated rings. The largest absolute Gasteiger partial charge is 0.308 e. The second kappa shape index (κ2) is 8.75. The quantitative estimate of drug-likeness (QED) is 0.731. The molecule has 0 N–H and O–H groups in total. The molecular weight excluding hydrogens is 363 g/mol. The van der Waals surface area contributed by atoms with E-state index < -0.39 is 0 Å². The highest BCUT2D eigenvalue weighted by Gasteiger charge is 2.42. The van der Waals surface area contributed by atoms with Crippen molar-refractivity contribution >= 4 is 24.8 Å². The summed E-state index contributed by atoms with van der Waals surface area (Å²) < 4.78 is 0. The average Bonchev–Trinajstić information content (AvgIpc) is 2.60. The molecule has 1 unspecified atom stereocenters. The molecule has 3 aliphatic rings. The van der Waals surface area contributed by atoms with Gasteiger partial charge in [0.1, 0.15) is 0 Å². The molecule has 0 spiro atoms. The third kappa shape index (κ3) is 3.80. The first-order valence-corrected chi connectivity index (χ1v) is 9.16. The van der Waals surface area contributed by atoms with Crippen LogP contribution in [0.4, 0.5) is 0 Å². The zero-order valence-corrected chi connectivity index (χ0v) is 17.5. The summed E-state index contributed by atoms with van der Waals surface area (Å²) in [4.78, 5) is 4.80. The molecule has 26 heavy (non-hydrogen) atoms. The molecule has 2 nitrogen and oxygen atoms in total. The maximum atomic E-state index is 2.52. The molecule has 142 valence electrons. The summed E-state index contributed by atoms with van der Waals surface area (Å²) >= 11 is 0. The predicted octanol–water partition coefficient (Wildman–Crippen LogP) is 4.62. The summed E-state index contributed by atoms with van der Waals surface area (Å²) in [6, 6.07) is 18.3. The predicted molar refractivity (Wildman–Crippen MR) is 115 cm³/mol. The van der Waals surface area contributed by atoms with E-state index in [0.29, 0.717) is 11.8 Å². The van der Waals surface area contributed by atoms with E-state index in [1.165, 1.54) is 13.0 Å². The van der Waals surface area contributed by atoms with Gasteiger partial charge in [0.25, 0.3) is 0 Å². The van der Waals surface area contributed by atoms with E-state index in [-0.39, 0.29) is 24.8 Å². The van der Waals surface area contributed by atoms with Gasteiger partial charge in [-0.15, -0.1) is 24.8 Å². The minimum absolute atomic E-state index is 0. The molecule has 0 radical (unpaired) electrons. The zero-order valence-electron chi connectivity index (χ0n) is 15.9. The third-order valence-corrected chi connectivity index (χ3v) is 5.90. The van der Waals surface area contributed by atoms with Crippen LogP contribution in [0.25, 0.3) is 0 Å². The Morgan fingerprint density at radius 1 is 0.769 bits per heavy atom. The molecule has 0 heterocycles. The van der Waals surface area contributed by atoms with Crippen LogP contribution in [0.3, 0.4) is 0 Å². The van der Waals surface area contributed by atoms with Crippen molar-refractivity contribution in [2.45, 2.75) is 18.3 Å². The number of likely N-dealkylation sites (N-methyl/N-ethyl adjacent to an activating group) is 2. The molecule has 4 heteroatoms. The summed E-state index contributed by atoms with van der Waals surface area (Å²) in [5, 5.41) is 0. The molecule has 0 saturated carbocycles. The van der Waals surface area contributed by atoms with Crippen molar-refractivity contribution in [3.8, 4) is 0 Å². The Morgan fingerprint density at radius 3 is 1.77 bits per heavy atom. The molecular formula is C22H30Cl2N2. The fourth-order valence-electron chi connectivity index (χ4n) is 4.80. The number of rotatable bonds is 5. The van der Waals surface area contributed by atoms with Gasteiger partial charge < -0.3 is 9.80 Å². The average molecular weight is 393 g/mol. The number of fused-ring (bicyclic) bond motifs is 1. The number of hydrogen-bond donors (Lipinski definition) is 0. The van der Waals surface area contributed by atoms with E-state index in [1.54, 1.807) is 22.3 Å². The smallest absolute Gasteiger partial charge is 0.0136 e. The van der Waals surface area contributed by atoms with Crippen LogP contribution in [0.5, 0.6) is 0 Å². The fourth-order valence-corrected chi connectivity index (χ4v) is 4.80. The maximum Gasteiger partial charge on any atom is 0.0136 e. The van der Waals surface area contributed by atoms with Crippen LogP contribution >= 0.6 is 24.8 Å². The number of halogens is 2. The molecule has 2 aromatic carbocycles. The molecule has 2 aromatic rings. The lowest BCUT2D eigenvalue weighted by Crippen LogP contribution is -2.40. The van der Waals surface area contributed by atoms with Crippen LogP contribution in [-0.2, 0) is 0 Å². The van der Waals surface area contributed by atoms with Gasteiger partial charge in [-0.25, -0.2) is 0 Å². The van der Waals surface area contributed by atoms with Crippen LogP contribution in [0, 0.1) is 5.92 Å². The Balaban J connectivity index is 0.00000121. The van der Waals surface area contributed by atoms with Crippen LogP contribution in [-0.4, -0.2) is 50.6 Å². The van der Waals surface area contributed by atoms with Gasteiger partial charge in [-0.1, -0.05) is 48.5 Å².